The molecule has 0 N–H and O–H groups in total. The van der Waals surface area contributed by atoms with Gasteiger partial charge in [0.1, 0.15) is 0 Å². The van der Waals surface area contributed by atoms with Gasteiger partial charge in [0.2, 0.25) is 0 Å². The van der Waals surface area contributed by atoms with Crippen LogP contribution in [0.1, 0.15) is 49.0 Å². The minimum Gasteiger partial charge on any atom is -0.293 e. The minimum atomic E-state index is 0.0734. The zero-order chi connectivity index (χ0) is 13.8. The van der Waals surface area contributed by atoms with Crippen LogP contribution in [-0.2, 0) is 0 Å². The Morgan fingerprint density at radius 1 is 1.26 bits per heavy atom. The number of hydrogen-bond donors (Lipinski definition) is 0. The van der Waals surface area contributed by atoms with Crippen molar-refractivity contribution < 1.29 is 4.79 Å². The topological polar surface area (TPSA) is 20.3 Å². The normalized spacial score (nSPS) is 17.9. The highest BCUT2D eigenvalue weighted by atomic mass is 16.1. The molecule has 0 aliphatic carbocycles. The Bertz CT molecular complexity index is 433. The molecule has 1 unspecified atom stereocenters. The van der Waals surface area contributed by atoms with Gasteiger partial charge in [-0.25, -0.2) is 0 Å². The van der Waals surface area contributed by atoms with Crippen molar-refractivity contribution in [3.05, 3.63) is 35.4 Å². The van der Waals surface area contributed by atoms with E-state index in [4.69, 9.17) is 0 Å². The number of carbonyl (C=O) groups is 1. The summed E-state index contributed by atoms with van der Waals surface area (Å²) in [5.41, 5.74) is 2.04. The second-order valence-electron chi connectivity index (χ2n) is 6.12. The Hall–Kier alpha value is -1.15. The number of Topliss-reactive ketones (excluding diaryl/α,β-unsaturated/α-hetero) is 1. The lowest BCUT2D eigenvalue weighted by Gasteiger charge is -2.27. The molecule has 1 aromatic rings. The highest BCUT2D eigenvalue weighted by Gasteiger charge is 2.29. The summed E-state index contributed by atoms with van der Waals surface area (Å²) in [4.78, 5) is 15.2. The molecular formula is C17H25NO. The van der Waals surface area contributed by atoms with Crippen molar-refractivity contribution in [3.8, 4) is 0 Å². The summed E-state index contributed by atoms with van der Waals surface area (Å²) in [6.07, 6.45) is 3.43. The van der Waals surface area contributed by atoms with E-state index in [1.165, 1.54) is 12.8 Å². The number of ketones is 1. The van der Waals surface area contributed by atoms with E-state index >= 15 is 0 Å². The molecule has 1 fully saturated rings. The van der Waals surface area contributed by atoms with Crippen LogP contribution < -0.4 is 0 Å². The van der Waals surface area contributed by atoms with E-state index in [1.807, 2.05) is 31.2 Å². The van der Waals surface area contributed by atoms with E-state index < -0.39 is 0 Å². The molecule has 0 amide bonds. The summed E-state index contributed by atoms with van der Waals surface area (Å²) in [5, 5.41) is 0. The van der Waals surface area contributed by atoms with Gasteiger partial charge in [-0.2, -0.15) is 0 Å². The molecule has 2 heteroatoms. The second-order valence-corrected chi connectivity index (χ2v) is 6.12. The molecule has 0 bridgehead atoms. The van der Waals surface area contributed by atoms with Gasteiger partial charge in [0.15, 0.2) is 5.78 Å². The third kappa shape index (κ3) is 3.66. The van der Waals surface area contributed by atoms with E-state index in [-0.39, 0.29) is 6.04 Å². The molecule has 1 aliphatic heterocycles. The van der Waals surface area contributed by atoms with E-state index in [1.54, 1.807) is 0 Å². The average Bonchev–Trinajstić information content (AvgIpc) is 2.88. The first-order chi connectivity index (χ1) is 9.08. The fraction of sp³-hybridized carbons (Fsp3) is 0.588. The predicted octanol–water partition coefficient (Wildman–Crippen LogP) is 3.69. The molecule has 2 rings (SSSR count). The zero-order valence-electron chi connectivity index (χ0n) is 12.4. The summed E-state index contributed by atoms with van der Waals surface area (Å²) in [5.74, 6) is 0.860. The molecule has 0 radical (unpaired) electrons. The van der Waals surface area contributed by atoms with Crippen LogP contribution in [0.15, 0.2) is 24.3 Å². The van der Waals surface area contributed by atoms with Crippen LogP contribution in [0.25, 0.3) is 0 Å². The number of nitrogens with zero attached hydrogens (tertiary/aromatic N) is 1. The van der Waals surface area contributed by atoms with Crippen LogP contribution in [0.3, 0.4) is 0 Å². The lowest BCUT2D eigenvalue weighted by molar-refractivity contribution is 0.0822. The fourth-order valence-electron chi connectivity index (χ4n) is 2.91. The van der Waals surface area contributed by atoms with Gasteiger partial charge in [0.05, 0.1) is 6.04 Å². The summed E-state index contributed by atoms with van der Waals surface area (Å²) in [6, 6.07) is 8.08. The van der Waals surface area contributed by atoms with E-state index in [0.29, 0.717) is 11.7 Å². The minimum absolute atomic E-state index is 0.0734. The molecule has 1 atom stereocenters. The number of hydrogen-bond acceptors (Lipinski definition) is 2. The van der Waals surface area contributed by atoms with Gasteiger partial charge in [-0.1, -0.05) is 37.6 Å². The van der Waals surface area contributed by atoms with Gasteiger partial charge < -0.3 is 0 Å². The van der Waals surface area contributed by atoms with Crippen molar-refractivity contribution in [2.24, 2.45) is 5.92 Å². The first-order valence-electron chi connectivity index (χ1n) is 7.43. The summed E-state index contributed by atoms with van der Waals surface area (Å²) >= 11 is 0. The van der Waals surface area contributed by atoms with Crippen LogP contribution in [-0.4, -0.2) is 29.8 Å². The van der Waals surface area contributed by atoms with Crippen LogP contribution in [0.4, 0.5) is 0 Å². The molecule has 1 aliphatic rings. The molecule has 0 aromatic heterocycles. The van der Waals surface area contributed by atoms with Crippen molar-refractivity contribution in [3.63, 3.8) is 0 Å². The Morgan fingerprint density at radius 3 is 2.53 bits per heavy atom. The lowest BCUT2D eigenvalue weighted by Crippen LogP contribution is -2.40. The summed E-state index contributed by atoms with van der Waals surface area (Å²) in [7, 11) is 0. The number of carbonyl (C=O) groups excluding carboxylic acids is 1. The van der Waals surface area contributed by atoms with Crippen molar-refractivity contribution in [1.82, 2.24) is 4.90 Å². The number of aryl methyl sites for hydroxylation is 1. The van der Waals surface area contributed by atoms with Crippen LogP contribution in [0.2, 0.25) is 0 Å². The second kappa shape index (κ2) is 6.33. The van der Waals surface area contributed by atoms with Crippen LogP contribution in [0.5, 0.6) is 0 Å². The third-order valence-electron chi connectivity index (χ3n) is 3.88. The van der Waals surface area contributed by atoms with Gasteiger partial charge in [-0.05, 0) is 51.3 Å². The number of rotatable bonds is 5. The molecule has 104 valence electrons. The highest BCUT2D eigenvalue weighted by Crippen LogP contribution is 2.21. The van der Waals surface area contributed by atoms with Gasteiger partial charge >= 0.3 is 0 Å². The Labute approximate surface area is 116 Å². The smallest absolute Gasteiger partial charge is 0.179 e. The maximum atomic E-state index is 12.8. The molecule has 1 aromatic carbocycles. The third-order valence-corrected chi connectivity index (χ3v) is 3.88. The number of likely N-dealkylation sites (tertiary alicyclic amines) is 1. The molecular weight excluding hydrogens is 234 g/mol. The highest BCUT2D eigenvalue weighted by molar-refractivity contribution is 6.00. The molecule has 19 heavy (non-hydrogen) atoms. The van der Waals surface area contributed by atoms with Crippen molar-refractivity contribution in [2.45, 2.75) is 46.1 Å². The van der Waals surface area contributed by atoms with Crippen LogP contribution in [0, 0.1) is 12.8 Å². The van der Waals surface area contributed by atoms with Gasteiger partial charge in [0, 0.05) is 5.56 Å². The van der Waals surface area contributed by atoms with Crippen LogP contribution >= 0.6 is 0 Å². The average molecular weight is 259 g/mol. The fourth-order valence-corrected chi connectivity index (χ4v) is 2.91. The first kappa shape index (κ1) is 14.3. The predicted molar refractivity (Wildman–Crippen MR) is 79.6 cm³/mol. The van der Waals surface area contributed by atoms with Gasteiger partial charge in [-0.3, -0.25) is 9.69 Å². The summed E-state index contributed by atoms with van der Waals surface area (Å²) < 4.78 is 0. The van der Waals surface area contributed by atoms with Gasteiger partial charge in [-0.15, -0.1) is 0 Å². The molecule has 1 heterocycles. The summed E-state index contributed by atoms with van der Waals surface area (Å²) in [6.45, 7) is 8.60. The maximum absolute atomic E-state index is 12.8. The lowest BCUT2D eigenvalue weighted by atomic mass is 9.94. The Morgan fingerprint density at radius 2 is 1.95 bits per heavy atom. The Kier molecular flexibility index (Phi) is 4.76. The van der Waals surface area contributed by atoms with E-state index in [2.05, 4.69) is 18.7 Å². The molecule has 1 saturated heterocycles. The molecule has 0 saturated carbocycles. The zero-order valence-corrected chi connectivity index (χ0v) is 12.4. The monoisotopic (exact) mass is 259 g/mol. The van der Waals surface area contributed by atoms with Crippen molar-refractivity contribution >= 4 is 5.78 Å². The van der Waals surface area contributed by atoms with E-state index in [9.17, 15) is 4.79 Å². The Balaban J connectivity index is 2.19. The molecule has 0 spiro atoms. The standard InChI is InChI=1S/C17H25NO/c1-13(2)11-16(18-9-4-5-10-18)17(19)15-8-6-7-14(3)12-15/h6-8,12-13,16H,4-5,9-11H2,1-3H3. The quantitative estimate of drug-likeness (QED) is 0.752. The SMILES string of the molecule is Cc1cccc(C(=O)C(CC(C)C)N2CCCC2)c1. The van der Waals surface area contributed by atoms with Gasteiger partial charge in [0.25, 0.3) is 0 Å². The van der Waals surface area contributed by atoms with E-state index in [0.717, 1.165) is 30.6 Å². The van der Waals surface area contributed by atoms with Crippen molar-refractivity contribution in [1.29, 1.82) is 0 Å². The first-order valence-corrected chi connectivity index (χ1v) is 7.43. The largest absolute Gasteiger partial charge is 0.293 e. The van der Waals surface area contributed by atoms with Crippen molar-refractivity contribution in [2.75, 3.05) is 13.1 Å². The molecule has 2 nitrogen and oxygen atoms in total. The maximum Gasteiger partial charge on any atom is 0.179 e. The number of benzene rings is 1.